The van der Waals surface area contributed by atoms with E-state index in [2.05, 4.69) is 15.3 Å². The molecule has 0 spiro atoms. The Balaban J connectivity index is 1.50. The Labute approximate surface area is 169 Å². The molecule has 1 aliphatic heterocycles. The number of hydrogen-bond acceptors (Lipinski definition) is 7. The first kappa shape index (κ1) is 20.4. The van der Waals surface area contributed by atoms with Crippen molar-refractivity contribution in [2.45, 2.75) is 6.42 Å². The van der Waals surface area contributed by atoms with Crippen LogP contribution >= 0.6 is 0 Å². The molecule has 1 aliphatic rings. The number of rotatable bonds is 8. The molecule has 154 valence electrons. The van der Waals surface area contributed by atoms with Gasteiger partial charge in [-0.05, 0) is 24.1 Å². The first-order valence-corrected chi connectivity index (χ1v) is 9.40. The van der Waals surface area contributed by atoms with Gasteiger partial charge in [-0.15, -0.1) is 0 Å². The summed E-state index contributed by atoms with van der Waals surface area (Å²) in [5, 5.41) is 3.20. The molecule has 0 aliphatic carbocycles. The van der Waals surface area contributed by atoms with Crippen molar-refractivity contribution in [3.8, 4) is 11.5 Å². The zero-order valence-corrected chi connectivity index (χ0v) is 16.6. The highest BCUT2D eigenvalue weighted by Gasteiger charge is 2.22. The summed E-state index contributed by atoms with van der Waals surface area (Å²) in [6.45, 7) is 2.75. The molecule has 3 rings (SSSR count). The number of piperazine rings is 1. The highest BCUT2D eigenvalue weighted by Crippen LogP contribution is 2.27. The van der Waals surface area contributed by atoms with Crippen molar-refractivity contribution in [3.05, 3.63) is 41.9 Å². The number of nitrogens with zero attached hydrogens (tertiary/aromatic N) is 4. The van der Waals surface area contributed by atoms with Gasteiger partial charge in [-0.3, -0.25) is 9.59 Å². The fourth-order valence-electron chi connectivity index (χ4n) is 3.09. The Bertz CT molecular complexity index is 835. The van der Waals surface area contributed by atoms with Gasteiger partial charge in [0.1, 0.15) is 11.5 Å². The minimum Gasteiger partial charge on any atom is -0.493 e. The van der Waals surface area contributed by atoms with Crippen LogP contribution in [0.25, 0.3) is 0 Å². The van der Waals surface area contributed by atoms with Crippen molar-refractivity contribution >= 4 is 18.1 Å². The number of carbonyl (C=O) groups excluding carboxylic acids is 2. The van der Waals surface area contributed by atoms with Gasteiger partial charge in [0, 0.05) is 32.7 Å². The van der Waals surface area contributed by atoms with Crippen LogP contribution in [0, 0.1) is 0 Å². The molecule has 0 bridgehead atoms. The number of methoxy groups -OCH3 is 2. The normalized spacial score (nSPS) is 13.7. The van der Waals surface area contributed by atoms with Crippen LogP contribution in [0.4, 0.5) is 5.82 Å². The highest BCUT2D eigenvalue weighted by atomic mass is 16.5. The molecule has 1 N–H and O–H groups in total. The van der Waals surface area contributed by atoms with Crippen LogP contribution in [0.1, 0.15) is 16.1 Å². The predicted molar refractivity (Wildman–Crippen MR) is 107 cm³/mol. The Morgan fingerprint density at radius 2 is 1.86 bits per heavy atom. The van der Waals surface area contributed by atoms with Crippen LogP contribution in [0.3, 0.4) is 0 Å². The Morgan fingerprint density at radius 3 is 2.48 bits per heavy atom. The molecule has 2 aromatic rings. The summed E-state index contributed by atoms with van der Waals surface area (Å²) in [6, 6.07) is 5.81. The lowest BCUT2D eigenvalue weighted by molar-refractivity contribution is -0.119. The molecule has 0 radical (unpaired) electrons. The van der Waals surface area contributed by atoms with E-state index >= 15 is 0 Å². The molecule has 0 unspecified atom stereocenters. The number of anilines is 1. The maximum atomic E-state index is 12.5. The second kappa shape index (κ2) is 9.72. The van der Waals surface area contributed by atoms with Gasteiger partial charge in [-0.25, -0.2) is 9.97 Å². The molecule has 29 heavy (non-hydrogen) atoms. The lowest BCUT2D eigenvalue weighted by Gasteiger charge is -2.32. The molecule has 9 heteroatoms. The molecule has 1 fully saturated rings. The van der Waals surface area contributed by atoms with E-state index in [1.54, 1.807) is 30.2 Å². The van der Waals surface area contributed by atoms with Crippen molar-refractivity contribution < 1.29 is 19.1 Å². The van der Waals surface area contributed by atoms with Gasteiger partial charge in [0.25, 0.3) is 5.91 Å². The van der Waals surface area contributed by atoms with E-state index in [1.165, 1.54) is 6.20 Å². The third kappa shape index (κ3) is 5.13. The second-order valence-electron chi connectivity index (χ2n) is 6.59. The summed E-state index contributed by atoms with van der Waals surface area (Å²) < 4.78 is 10.6. The smallest absolute Gasteiger partial charge is 0.274 e. The highest BCUT2D eigenvalue weighted by molar-refractivity contribution is 5.92. The summed E-state index contributed by atoms with van der Waals surface area (Å²) in [4.78, 5) is 35.1. The zero-order valence-electron chi connectivity index (χ0n) is 16.6. The van der Waals surface area contributed by atoms with Crippen LogP contribution in [0.5, 0.6) is 11.5 Å². The molecule has 0 saturated carbocycles. The van der Waals surface area contributed by atoms with Gasteiger partial charge in [-0.2, -0.15) is 0 Å². The Hall–Kier alpha value is -3.36. The minimum absolute atomic E-state index is 0.167. The van der Waals surface area contributed by atoms with E-state index in [1.807, 2.05) is 18.2 Å². The SMILES string of the molecule is COc1ccc(CCNc2cnc(C(=O)N3CCN(C=O)CC3)cn2)cc1OC. The molecule has 2 heterocycles. The summed E-state index contributed by atoms with van der Waals surface area (Å²) >= 11 is 0. The predicted octanol–water partition coefficient (Wildman–Crippen LogP) is 1.06. The average Bonchev–Trinajstić information content (AvgIpc) is 2.79. The number of ether oxygens (including phenoxy) is 2. The van der Waals surface area contributed by atoms with Crippen molar-refractivity contribution in [3.63, 3.8) is 0 Å². The van der Waals surface area contributed by atoms with E-state index < -0.39 is 0 Å². The molecular weight excluding hydrogens is 374 g/mol. The van der Waals surface area contributed by atoms with Crippen LogP contribution in [0.15, 0.2) is 30.6 Å². The topological polar surface area (TPSA) is 96.9 Å². The number of benzene rings is 1. The first-order valence-electron chi connectivity index (χ1n) is 9.40. The van der Waals surface area contributed by atoms with Gasteiger partial charge in [0.2, 0.25) is 6.41 Å². The third-order valence-corrected chi connectivity index (χ3v) is 4.79. The molecule has 9 nitrogen and oxygen atoms in total. The van der Waals surface area contributed by atoms with Crippen molar-refractivity contribution in [2.75, 3.05) is 52.3 Å². The molecular formula is C20H25N5O4. The third-order valence-electron chi connectivity index (χ3n) is 4.79. The molecule has 0 atom stereocenters. The maximum absolute atomic E-state index is 12.5. The Morgan fingerprint density at radius 1 is 1.10 bits per heavy atom. The van der Waals surface area contributed by atoms with Gasteiger partial charge in [0.05, 0.1) is 26.6 Å². The van der Waals surface area contributed by atoms with Crippen LogP contribution in [0.2, 0.25) is 0 Å². The van der Waals surface area contributed by atoms with Crippen molar-refractivity contribution in [2.24, 2.45) is 0 Å². The number of carbonyl (C=O) groups is 2. The summed E-state index contributed by atoms with van der Waals surface area (Å²) in [7, 11) is 3.22. The van der Waals surface area contributed by atoms with Gasteiger partial charge < -0.3 is 24.6 Å². The van der Waals surface area contributed by atoms with Crippen LogP contribution in [-0.2, 0) is 11.2 Å². The van der Waals surface area contributed by atoms with Crippen molar-refractivity contribution in [1.29, 1.82) is 0 Å². The average molecular weight is 399 g/mol. The number of amides is 2. The molecule has 1 aromatic heterocycles. The van der Waals surface area contributed by atoms with Crippen molar-refractivity contribution in [1.82, 2.24) is 19.8 Å². The number of aromatic nitrogens is 2. The Kier molecular flexibility index (Phi) is 6.83. The molecule has 2 amide bonds. The number of hydrogen-bond donors (Lipinski definition) is 1. The monoisotopic (exact) mass is 399 g/mol. The van der Waals surface area contributed by atoms with Gasteiger partial charge >= 0.3 is 0 Å². The van der Waals surface area contributed by atoms with E-state index in [9.17, 15) is 9.59 Å². The summed E-state index contributed by atoms with van der Waals surface area (Å²) in [6.07, 6.45) is 4.62. The largest absolute Gasteiger partial charge is 0.493 e. The standard InChI is InChI=1S/C20H25N5O4/c1-28-17-4-3-15(11-18(17)29-2)5-6-21-19-13-22-16(12-23-19)20(27)25-9-7-24(14-26)8-10-25/h3-4,11-14H,5-10H2,1-2H3,(H,21,23). The maximum Gasteiger partial charge on any atom is 0.274 e. The fraction of sp³-hybridized carbons (Fsp3) is 0.400. The van der Waals surface area contributed by atoms with E-state index in [-0.39, 0.29) is 5.91 Å². The molecule has 1 saturated heterocycles. The lowest BCUT2D eigenvalue weighted by Crippen LogP contribution is -2.48. The van der Waals surface area contributed by atoms with Gasteiger partial charge in [-0.1, -0.05) is 6.07 Å². The van der Waals surface area contributed by atoms with E-state index in [0.717, 1.165) is 18.4 Å². The lowest BCUT2D eigenvalue weighted by atomic mass is 10.1. The number of nitrogens with one attached hydrogen (secondary N) is 1. The minimum atomic E-state index is -0.167. The quantitative estimate of drug-likeness (QED) is 0.663. The zero-order chi connectivity index (χ0) is 20.6. The van der Waals surface area contributed by atoms with E-state index in [4.69, 9.17) is 9.47 Å². The first-order chi connectivity index (χ1) is 14.1. The van der Waals surface area contributed by atoms with Gasteiger partial charge in [0.15, 0.2) is 11.5 Å². The summed E-state index contributed by atoms with van der Waals surface area (Å²) in [5.74, 6) is 1.83. The molecule has 1 aromatic carbocycles. The fourth-order valence-corrected chi connectivity index (χ4v) is 3.09. The summed E-state index contributed by atoms with van der Waals surface area (Å²) in [5.41, 5.74) is 1.40. The van der Waals surface area contributed by atoms with E-state index in [0.29, 0.717) is 55.7 Å². The second-order valence-corrected chi connectivity index (χ2v) is 6.59. The van der Waals surface area contributed by atoms with Crippen LogP contribution in [-0.4, -0.2) is 79.0 Å². The van der Waals surface area contributed by atoms with Crippen LogP contribution < -0.4 is 14.8 Å².